The Labute approximate surface area is 242 Å². The summed E-state index contributed by atoms with van der Waals surface area (Å²) < 4.78 is 39.8. The average Bonchev–Trinajstić information content (AvgIpc) is 3.00. The number of hydrogen-bond acceptors (Lipinski definition) is 6. The van der Waals surface area contributed by atoms with Crippen LogP contribution in [0.1, 0.15) is 16.7 Å². The summed E-state index contributed by atoms with van der Waals surface area (Å²) in [7, 11) is 0. The van der Waals surface area contributed by atoms with Gasteiger partial charge in [0.15, 0.2) is 0 Å². The third kappa shape index (κ3) is 5.65. The van der Waals surface area contributed by atoms with Gasteiger partial charge in [0.2, 0.25) is 5.91 Å². The number of alkyl halides is 3. The number of benzene rings is 3. The molecule has 2 fully saturated rings. The minimum absolute atomic E-state index is 0.00703. The highest BCUT2D eigenvalue weighted by Gasteiger charge is 2.43. The van der Waals surface area contributed by atoms with Crippen LogP contribution in [0.4, 0.5) is 30.2 Å². The second kappa shape index (κ2) is 11.3. The summed E-state index contributed by atoms with van der Waals surface area (Å²) in [6, 6.07) is 20.3. The summed E-state index contributed by atoms with van der Waals surface area (Å²) in [6.45, 7) is 4.61. The number of carbonyl (C=O) groups is 1. The number of hydrogen-bond donors (Lipinski definition) is 0. The Hall–Kier alpha value is -4.12. The molecule has 2 saturated heterocycles. The van der Waals surface area contributed by atoms with E-state index in [9.17, 15) is 28.1 Å². The minimum atomic E-state index is -4.42. The molecule has 0 aromatic heterocycles. The van der Waals surface area contributed by atoms with E-state index >= 15 is 0 Å². The molecule has 0 aliphatic carbocycles. The van der Waals surface area contributed by atoms with Crippen molar-refractivity contribution in [3.05, 3.63) is 99.6 Å². The summed E-state index contributed by atoms with van der Waals surface area (Å²) in [4.78, 5) is 33.5. The molecule has 3 aromatic carbocycles. The van der Waals surface area contributed by atoms with Crippen molar-refractivity contribution in [3.8, 4) is 0 Å². The van der Waals surface area contributed by atoms with Gasteiger partial charge in [0, 0.05) is 75.9 Å². The number of rotatable bonds is 5. The molecule has 3 heterocycles. The van der Waals surface area contributed by atoms with Crippen LogP contribution in [-0.4, -0.2) is 72.5 Å². The standard InChI is InChI=1S/C31H32F3N5O3/c32-31(33,34)24-7-4-8-25(19-24)36-12-14-37(15-13-36)30(40)27-18-23-17-26(39(41)42)9-10-28(23)38-16-11-35(21-29(27)38)20-22-5-2-1-3-6-22/h1-10,17,19,27,29H,11-16,18,20-21H2/t27-,29-/m1/s1. The number of halogens is 3. The number of anilines is 2. The van der Waals surface area contributed by atoms with Crippen molar-refractivity contribution >= 4 is 23.0 Å². The molecule has 0 N–H and O–H groups in total. The van der Waals surface area contributed by atoms with Gasteiger partial charge in [-0.1, -0.05) is 36.4 Å². The number of amides is 1. The van der Waals surface area contributed by atoms with E-state index in [1.807, 2.05) is 34.1 Å². The largest absolute Gasteiger partial charge is 0.416 e. The quantitative estimate of drug-likeness (QED) is 0.319. The van der Waals surface area contributed by atoms with Gasteiger partial charge in [0.05, 0.1) is 22.4 Å². The van der Waals surface area contributed by atoms with E-state index in [4.69, 9.17) is 0 Å². The Morgan fingerprint density at radius 1 is 0.905 bits per heavy atom. The number of non-ortho nitro benzene ring substituents is 1. The number of nitro groups is 1. The highest BCUT2D eigenvalue weighted by molar-refractivity contribution is 5.83. The average molecular weight is 580 g/mol. The lowest BCUT2D eigenvalue weighted by molar-refractivity contribution is -0.384. The van der Waals surface area contributed by atoms with Crippen molar-refractivity contribution in [2.24, 2.45) is 5.92 Å². The van der Waals surface area contributed by atoms with Gasteiger partial charge < -0.3 is 14.7 Å². The number of carbonyl (C=O) groups excluding carboxylic acids is 1. The Kier molecular flexibility index (Phi) is 7.53. The maximum atomic E-state index is 14.1. The first-order chi connectivity index (χ1) is 20.2. The molecule has 42 heavy (non-hydrogen) atoms. The second-order valence-electron chi connectivity index (χ2n) is 11.2. The zero-order valence-electron chi connectivity index (χ0n) is 23.0. The monoisotopic (exact) mass is 579 g/mol. The lowest BCUT2D eigenvalue weighted by Crippen LogP contribution is -2.62. The fourth-order valence-electron chi connectivity index (χ4n) is 6.55. The van der Waals surface area contributed by atoms with E-state index in [0.29, 0.717) is 51.4 Å². The van der Waals surface area contributed by atoms with Gasteiger partial charge in [0.1, 0.15) is 0 Å². The minimum Gasteiger partial charge on any atom is -0.368 e. The second-order valence-corrected chi connectivity index (χ2v) is 11.2. The van der Waals surface area contributed by atoms with Crippen LogP contribution in [0.15, 0.2) is 72.8 Å². The van der Waals surface area contributed by atoms with Crippen LogP contribution in [0.3, 0.4) is 0 Å². The molecule has 0 bridgehead atoms. The molecule has 0 unspecified atom stereocenters. The number of fused-ring (bicyclic) bond motifs is 3. The smallest absolute Gasteiger partial charge is 0.368 e. The highest BCUT2D eigenvalue weighted by atomic mass is 19.4. The molecule has 0 spiro atoms. The van der Waals surface area contributed by atoms with Gasteiger partial charge in [-0.05, 0) is 41.8 Å². The van der Waals surface area contributed by atoms with Gasteiger partial charge >= 0.3 is 6.18 Å². The van der Waals surface area contributed by atoms with E-state index in [2.05, 4.69) is 21.9 Å². The fourth-order valence-corrected chi connectivity index (χ4v) is 6.55. The molecule has 3 aromatic rings. The first kappa shape index (κ1) is 28.0. The van der Waals surface area contributed by atoms with Gasteiger partial charge in [-0.15, -0.1) is 0 Å². The Morgan fingerprint density at radius 3 is 2.38 bits per heavy atom. The summed E-state index contributed by atoms with van der Waals surface area (Å²) in [5, 5.41) is 11.5. The highest BCUT2D eigenvalue weighted by Crippen LogP contribution is 2.39. The molecule has 2 atom stereocenters. The van der Waals surface area contributed by atoms with Gasteiger partial charge in [-0.2, -0.15) is 13.2 Å². The molecule has 8 nitrogen and oxygen atoms in total. The molecule has 6 rings (SSSR count). The summed E-state index contributed by atoms with van der Waals surface area (Å²) >= 11 is 0. The van der Waals surface area contributed by atoms with Crippen molar-refractivity contribution < 1.29 is 22.9 Å². The van der Waals surface area contributed by atoms with Gasteiger partial charge in [-0.3, -0.25) is 19.8 Å². The molecule has 0 saturated carbocycles. The van der Waals surface area contributed by atoms with Gasteiger partial charge in [0.25, 0.3) is 5.69 Å². The van der Waals surface area contributed by atoms with Crippen molar-refractivity contribution in [3.63, 3.8) is 0 Å². The van der Waals surface area contributed by atoms with Crippen LogP contribution in [0, 0.1) is 16.0 Å². The third-order valence-electron chi connectivity index (χ3n) is 8.69. The van der Waals surface area contributed by atoms with Crippen LogP contribution in [0.5, 0.6) is 0 Å². The maximum absolute atomic E-state index is 14.1. The van der Waals surface area contributed by atoms with Crippen molar-refractivity contribution in [2.75, 3.05) is 55.6 Å². The zero-order valence-corrected chi connectivity index (χ0v) is 23.0. The fraction of sp³-hybridized carbons (Fsp3) is 0.387. The van der Waals surface area contributed by atoms with E-state index in [-0.39, 0.29) is 17.6 Å². The Balaban J connectivity index is 1.21. The molecular formula is C31H32F3N5O3. The van der Waals surface area contributed by atoms with Crippen LogP contribution in [-0.2, 0) is 23.9 Å². The lowest BCUT2D eigenvalue weighted by Gasteiger charge is -2.50. The van der Waals surface area contributed by atoms with Crippen LogP contribution in [0.2, 0.25) is 0 Å². The summed E-state index contributed by atoms with van der Waals surface area (Å²) in [6.07, 6.45) is -4.01. The Morgan fingerprint density at radius 2 is 1.67 bits per heavy atom. The third-order valence-corrected chi connectivity index (χ3v) is 8.69. The topological polar surface area (TPSA) is 73.2 Å². The normalized spacial score (nSPS) is 21.1. The van der Waals surface area contributed by atoms with Crippen LogP contribution >= 0.6 is 0 Å². The first-order valence-electron chi connectivity index (χ1n) is 14.2. The van der Waals surface area contributed by atoms with Gasteiger partial charge in [-0.25, -0.2) is 0 Å². The number of nitro benzene ring substituents is 1. The van der Waals surface area contributed by atoms with E-state index < -0.39 is 22.6 Å². The van der Waals surface area contributed by atoms with Crippen molar-refractivity contribution in [1.82, 2.24) is 9.80 Å². The lowest BCUT2D eigenvalue weighted by atomic mass is 9.82. The number of piperazine rings is 2. The van der Waals surface area contributed by atoms with Crippen LogP contribution < -0.4 is 9.80 Å². The molecule has 3 aliphatic heterocycles. The molecule has 3 aliphatic rings. The number of nitrogens with zero attached hydrogens (tertiary/aromatic N) is 5. The van der Waals surface area contributed by atoms with E-state index in [1.54, 1.807) is 12.1 Å². The summed E-state index contributed by atoms with van der Waals surface area (Å²) in [5.41, 5.74) is 2.76. The Bertz CT molecular complexity index is 1460. The molecular weight excluding hydrogens is 547 g/mol. The summed E-state index contributed by atoms with van der Waals surface area (Å²) in [5.74, 6) is -0.398. The molecule has 1 amide bonds. The van der Waals surface area contributed by atoms with E-state index in [0.717, 1.165) is 36.5 Å². The molecule has 11 heteroatoms. The zero-order chi connectivity index (χ0) is 29.4. The molecule has 220 valence electrons. The molecule has 0 radical (unpaired) electrons. The SMILES string of the molecule is O=C([C@@H]1Cc2cc([N+](=O)[O-])ccc2N2CCN(Cc3ccccc3)C[C@H]12)N1CCN(c2cccc(C(F)(F)F)c2)CC1. The van der Waals surface area contributed by atoms with E-state index in [1.165, 1.54) is 17.7 Å². The van der Waals surface area contributed by atoms with Crippen LogP contribution in [0.25, 0.3) is 0 Å². The van der Waals surface area contributed by atoms with Crippen molar-refractivity contribution in [1.29, 1.82) is 0 Å². The predicted molar refractivity (Wildman–Crippen MR) is 153 cm³/mol. The maximum Gasteiger partial charge on any atom is 0.416 e. The first-order valence-corrected chi connectivity index (χ1v) is 14.2. The van der Waals surface area contributed by atoms with Crippen molar-refractivity contribution in [2.45, 2.75) is 25.2 Å². The predicted octanol–water partition coefficient (Wildman–Crippen LogP) is 4.83.